The first-order valence-electron chi connectivity index (χ1n) is 22.6. The van der Waals surface area contributed by atoms with Gasteiger partial charge in [0.2, 0.25) is 0 Å². The van der Waals surface area contributed by atoms with Crippen LogP contribution in [0, 0.1) is 10.1 Å². The van der Waals surface area contributed by atoms with Crippen molar-refractivity contribution in [2.45, 2.75) is 225 Å². The molecule has 0 radical (unpaired) electrons. The van der Waals surface area contributed by atoms with Crippen LogP contribution in [-0.2, 0) is 23.8 Å². The zero-order valence-electron chi connectivity index (χ0n) is 35.1. The lowest BCUT2D eigenvalue weighted by atomic mass is 10.0. The first-order chi connectivity index (χ1) is 26.9. The highest BCUT2D eigenvalue weighted by Gasteiger charge is 2.20. The van der Waals surface area contributed by atoms with Gasteiger partial charge in [-0.05, 0) is 25.0 Å². The number of nitrogens with zero attached hydrogens (tertiary/aromatic N) is 1. The van der Waals surface area contributed by atoms with E-state index in [1.807, 2.05) is 0 Å². The molecule has 0 N–H and O–H groups in total. The summed E-state index contributed by atoms with van der Waals surface area (Å²) < 4.78 is 16.4. The lowest BCUT2D eigenvalue weighted by Gasteiger charge is -2.18. The van der Waals surface area contributed by atoms with E-state index in [1.165, 1.54) is 178 Å². The molecule has 55 heavy (non-hydrogen) atoms. The number of nitro benzene ring substituents is 1. The summed E-state index contributed by atoms with van der Waals surface area (Å²) in [6.45, 7) is 4.03. The molecule has 1 aromatic rings. The quantitative estimate of drug-likeness (QED) is 0.0213. The number of non-ortho nitro benzene ring substituents is 1. The van der Waals surface area contributed by atoms with Crippen LogP contribution in [-0.4, -0.2) is 42.1 Å². The van der Waals surface area contributed by atoms with E-state index in [2.05, 4.69) is 13.8 Å². The molecule has 0 unspecified atom stereocenters. The van der Waals surface area contributed by atoms with Crippen molar-refractivity contribution in [2.75, 3.05) is 13.2 Å². The van der Waals surface area contributed by atoms with Gasteiger partial charge in [0.15, 0.2) is 6.10 Å². The van der Waals surface area contributed by atoms with Gasteiger partial charge in [-0.3, -0.25) is 19.7 Å². The number of unbranched alkanes of at least 4 members (excludes halogenated alkanes) is 28. The number of carbonyl (C=O) groups excluding carboxylic acids is 3. The zero-order valence-corrected chi connectivity index (χ0v) is 35.1. The molecule has 0 aliphatic rings. The van der Waals surface area contributed by atoms with Crippen LogP contribution in [0.15, 0.2) is 24.3 Å². The molecular weight excluding hydrogens is 695 g/mol. The molecular formula is C46H79NO8. The van der Waals surface area contributed by atoms with Crippen molar-refractivity contribution in [3.05, 3.63) is 39.9 Å². The van der Waals surface area contributed by atoms with Crippen LogP contribution in [0.1, 0.15) is 230 Å². The highest BCUT2D eigenvalue weighted by molar-refractivity contribution is 5.89. The zero-order chi connectivity index (χ0) is 40.0. The van der Waals surface area contributed by atoms with E-state index in [1.54, 1.807) is 0 Å². The smallest absolute Gasteiger partial charge is 0.338 e. The Hall–Kier alpha value is -2.97. The van der Waals surface area contributed by atoms with E-state index in [0.29, 0.717) is 12.8 Å². The van der Waals surface area contributed by atoms with Crippen molar-refractivity contribution in [1.82, 2.24) is 0 Å². The number of benzene rings is 1. The Labute approximate surface area is 335 Å². The fourth-order valence-electron chi connectivity index (χ4n) is 6.87. The van der Waals surface area contributed by atoms with Gasteiger partial charge in [-0.1, -0.05) is 194 Å². The third-order valence-corrected chi connectivity index (χ3v) is 10.4. The minimum absolute atomic E-state index is 0.136. The minimum atomic E-state index is -0.934. The van der Waals surface area contributed by atoms with Crippen LogP contribution in [0.4, 0.5) is 5.69 Å². The van der Waals surface area contributed by atoms with Crippen molar-refractivity contribution in [2.24, 2.45) is 0 Å². The van der Waals surface area contributed by atoms with E-state index in [-0.39, 0.29) is 36.9 Å². The van der Waals surface area contributed by atoms with Gasteiger partial charge < -0.3 is 14.2 Å². The van der Waals surface area contributed by atoms with Gasteiger partial charge in [-0.25, -0.2) is 4.79 Å². The number of rotatable bonds is 39. The molecule has 316 valence electrons. The Kier molecular flexibility index (Phi) is 33.4. The molecule has 1 rings (SSSR count). The van der Waals surface area contributed by atoms with Gasteiger partial charge in [0, 0.05) is 25.0 Å². The predicted molar refractivity (Wildman–Crippen MR) is 223 cm³/mol. The normalized spacial score (nSPS) is 11.7. The van der Waals surface area contributed by atoms with E-state index < -0.39 is 23.0 Å². The monoisotopic (exact) mass is 774 g/mol. The summed E-state index contributed by atoms with van der Waals surface area (Å²) >= 11 is 0. The number of carbonyl (C=O) groups is 3. The maximum absolute atomic E-state index is 12.7. The van der Waals surface area contributed by atoms with E-state index in [4.69, 9.17) is 14.2 Å². The highest BCUT2D eigenvalue weighted by atomic mass is 16.6. The predicted octanol–water partition coefficient (Wildman–Crippen LogP) is 13.7. The van der Waals surface area contributed by atoms with E-state index >= 15 is 0 Å². The molecule has 0 heterocycles. The van der Waals surface area contributed by atoms with Crippen LogP contribution >= 0.6 is 0 Å². The number of nitro groups is 1. The van der Waals surface area contributed by atoms with Crippen molar-refractivity contribution < 1.29 is 33.5 Å². The summed E-state index contributed by atoms with van der Waals surface area (Å²) in [5.41, 5.74) is 0.00166. The average molecular weight is 774 g/mol. The van der Waals surface area contributed by atoms with E-state index in [9.17, 15) is 24.5 Å². The second-order valence-corrected chi connectivity index (χ2v) is 15.6. The molecule has 0 aliphatic heterocycles. The Morgan fingerprint density at radius 1 is 0.491 bits per heavy atom. The third-order valence-electron chi connectivity index (χ3n) is 10.4. The number of ether oxygens (including phenoxy) is 3. The molecule has 0 fully saturated rings. The van der Waals surface area contributed by atoms with Gasteiger partial charge >= 0.3 is 17.9 Å². The number of hydrogen-bond acceptors (Lipinski definition) is 8. The molecule has 0 saturated carbocycles. The SMILES string of the molecule is CCCCCCCCCCCCCCCCCC(=O)OC[C@@H](COC(=O)c1ccc([N+](=O)[O-])cc1)OC(=O)CCCCCCCCCCCCCCCCC. The Balaban J connectivity index is 2.29. The molecule has 0 aromatic heterocycles. The first-order valence-corrected chi connectivity index (χ1v) is 22.6. The molecule has 0 bridgehead atoms. The van der Waals surface area contributed by atoms with Crippen LogP contribution in [0.3, 0.4) is 0 Å². The van der Waals surface area contributed by atoms with E-state index in [0.717, 1.165) is 32.1 Å². The van der Waals surface area contributed by atoms with Gasteiger partial charge in [0.1, 0.15) is 13.2 Å². The van der Waals surface area contributed by atoms with Crippen LogP contribution in [0.2, 0.25) is 0 Å². The molecule has 0 spiro atoms. The Morgan fingerprint density at radius 2 is 0.818 bits per heavy atom. The van der Waals surface area contributed by atoms with Gasteiger partial charge in [-0.2, -0.15) is 0 Å². The Morgan fingerprint density at radius 3 is 1.18 bits per heavy atom. The third kappa shape index (κ3) is 30.9. The molecule has 1 aromatic carbocycles. The number of esters is 3. The largest absolute Gasteiger partial charge is 0.462 e. The van der Waals surface area contributed by atoms with Crippen molar-refractivity contribution >= 4 is 23.6 Å². The maximum Gasteiger partial charge on any atom is 0.338 e. The van der Waals surface area contributed by atoms with Crippen molar-refractivity contribution in [3.8, 4) is 0 Å². The summed E-state index contributed by atoms with van der Waals surface area (Å²) in [7, 11) is 0. The lowest BCUT2D eigenvalue weighted by molar-refractivity contribution is -0.384. The molecule has 0 amide bonds. The standard InChI is InChI=1S/C46H79NO8/c1-3-5-7-9-11-13-15-17-19-21-23-25-27-29-31-33-44(48)53-39-43(40-54-46(50)41-35-37-42(38-36-41)47(51)52)55-45(49)34-32-30-28-26-24-22-20-18-16-14-12-10-8-6-4-2/h35-38,43H,3-34,39-40H2,1-2H3/t43-/m0/s1. The Bertz CT molecular complexity index is 1090. The van der Waals surface area contributed by atoms with Crippen LogP contribution in [0.5, 0.6) is 0 Å². The van der Waals surface area contributed by atoms with Gasteiger partial charge in [0.05, 0.1) is 10.5 Å². The fraction of sp³-hybridized carbons (Fsp3) is 0.804. The lowest BCUT2D eigenvalue weighted by Crippen LogP contribution is -2.31. The molecule has 0 aliphatic carbocycles. The number of hydrogen-bond donors (Lipinski definition) is 0. The second-order valence-electron chi connectivity index (χ2n) is 15.6. The molecule has 9 heteroatoms. The molecule has 0 saturated heterocycles. The summed E-state index contributed by atoms with van der Waals surface area (Å²) in [5.74, 6) is -1.48. The first kappa shape index (κ1) is 50.0. The summed E-state index contributed by atoms with van der Waals surface area (Å²) in [6, 6.07) is 5.08. The van der Waals surface area contributed by atoms with Crippen LogP contribution in [0.25, 0.3) is 0 Å². The van der Waals surface area contributed by atoms with Crippen LogP contribution < -0.4 is 0 Å². The van der Waals surface area contributed by atoms with Crippen molar-refractivity contribution in [1.29, 1.82) is 0 Å². The molecule has 1 atom stereocenters. The van der Waals surface area contributed by atoms with Crippen molar-refractivity contribution in [3.63, 3.8) is 0 Å². The minimum Gasteiger partial charge on any atom is -0.462 e. The summed E-state index contributed by atoms with van der Waals surface area (Å²) in [5, 5.41) is 11.0. The average Bonchev–Trinajstić information content (AvgIpc) is 3.18. The van der Waals surface area contributed by atoms with Gasteiger partial charge in [-0.15, -0.1) is 0 Å². The maximum atomic E-state index is 12.7. The highest BCUT2D eigenvalue weighted by Crippen LogP contribution is 2.17. The summed E-state index contributed by atoms with van der Waals surface area (Å²) in [6.07, 6.45) is 36.9. The molecule has 9 nitrogen and oxygen atoms in total. The second kappa shape index (κ2) is 36.7. The van der Waals surface area contributed by atoms with Gasteiger partial charge in [0.25, 0.3) is 5.69 Å². The fourth-order valence-corrected chi connectivity index (χ4v) is 6.87. The summed E-state index contributed by atoms with van der Waals surface area (Å²) in [4.78, 5) is 48.2. The topological polar surface area (TPSA) is 122 Å².